The predicted molar refractivity (Wildman–Crippen MR) is 69.3 cm³/mol. The molecule has 0 aliphatic carbocycles. The quantitative estimate of drug-likeness (QED) is 0.693. The van der Waals surface area contributed by atoms with E-state index in [1.54, 1.807) is 25.3 Å². The Balaban J connectivity index is 2.08. The Kier molecular flexibility index (Phi) is 3.97. The molecule has 0 atom stereocenters. The lowest BCUT2D eigenvalue weighted by Gasteiger charge is -2.06. The van der Waals surface area contributed by atoms with Crippen molar-refractivity contribution in [3.8, 4) is 0 Å². The molecule has 0 saturated carbocycles. The standard InChI is InChI=1S/C13H11F3N4/c1-9(11-4-2-3-7-17-11)19-20-12-6-5-10(8-18-12)13(14,15)16/h2-8H,1H3,(H,18,20)/b19-9+. The smallest absolute Gasteiger partial charge is 0.261 e. The first-order valence-electron chi connectivity index (χ1n) is 5.72. The monoisotopic (exact) mass is 280 g/mol. The molecule has 0 unspecified atom stereocenters. The maximum atomic E-state index is 12.4. The van der Waals surface area contributed by atoms with Gasteiger partial charge in [0, 0.05) is 12.4 Å². The van der Waals surface area contributed by atoms with Crippen molar-refractivity contribution in [1.29, 1.82) is 0 Å². The minimum Gasteiger partial charge on any atom is -0.261 e. The highest BCUT2D eigenvalue weighted by Gasteiger charge is 2.30. The van der Waals surface area contributed by atoms with Crippen LogP contribution in [0, 0.1) is 0 Å². The van der Waals surface area contributed by atoms with Crippen LogP contribution < -0.4 is 5.43 Å². The Morgan fingerprint density at radius 3 is 2.50 bits per heavy atom. The minimum absolute atomic E-state index is 0.230. The third-order valence-electron chi connectivity index (χ3n) is 2.46. The van der Waals surface area contributed by atoms with E-state index in [1.165, 1.54) is 6.07 Å². The fourth-order valence-electron chi connectivity index (χ4n) is 1.40. The van der Waals surface area contributed by atoms with Crippen LogP contribution in [-0.2, 0) is 6.18 Å². The number of pyridine rings is 2. The molecular weight excluding hydrogens is 269 g/mol. The summed E-state index contributed by atoms with van der Waals surface area (Å²) in [5.41, 5.74) is 3.07. The number of rotatable bonds is 3. The van der Waals surface area contributed by atoms with Gasteiger partial charge in [0.15, 0.2) is 0 Å². The minimum atomic E-state index is -4.39. The van der Waals surface area contributed by atoms with Crippen LogP contribution in [0.2, 0.25) is 0 Å². The van der Waals surface area contributed by atoms with Crippen molar-refractivity contribution >= 4 is 11.5 Å². The maximum absolute atomic E-state index is 12.4. The normalized spacial score (nSPS) is 12.3. The summed E-state index contributed by atoms with van der Waals surface area (Å²) in [7, 11) is 0. The van der Waals surface area contributed by atoms with E-state index in [0.29, 0.717) is 11.4 Å². The van der Waals surface area contributed by atoms with Crippen LogP contribution in [0.1, 0.15) is 18.2 Å². The highest BCUT2D eigenvalue weighted by Crippen LogP contribution is 2.28. The first kappa shape index (κ1) is 14.0. The van der Waals surface area contributed by atoms with Crippen LogP contribution in [0.25, 0.3) is 0 Å². The molecule has 0 aliphatic heterocycles. The number of halogens is 3. The van der Waals surface area contributed by atoms with Crippen molar-refractivity contribution in [3.63, 3.8) is 0 Å². The number of anilines is 1. The summed E-state index contributed by atoms with van der Waals surface area (Å²) in [6.07, 6.45) is -2.00. The van der Waals surface area contributed by atoms with Gasteiger partial charge in [-0.3, -0.25) is 10.4 Å². The van der Waals surface area contributed by atoms with Crippen LogP contribution >= 0.6 is 0 Å². The largest absolute Gasteiger partial charge is 0.417 e. The van der Waals surface area contributed by atoms with Crippen LogP contribution in [0.5, 0.6) is 0 Å². The van der Waals surface area contributed by atoms with E-state index >= 15 is 0 Å². The molecule has 0 aromatic carbocycles. The molecule has 0 radical (unpaired) electrons. The molecule has 1 N–H and O–H groups in total. The van der Waals surface area contributed by atoms with Crippen LogP contribution in [0.4, 0.5) is 19.0 Å². The van der Waals surface area contributed by atoms with Crippen LogP contribution in [-0.4, -0.2) is 15.7 Å². The molecule has 104 valence electrons. The zero-order valence-corrected chi connectivity index (χ0v) is 10.5. The molecule has 0 bridgehead atoms. The third-order valence-corrected chi connectivity index (χ3v) is 2.46. The Morgan fingerprint density at radius 1 is 1.15 bits per heavy atom. The van der Waals surface area contributed by atoms with Gasteiger partial charge in [0.1, 0.15) is 5.82 Å². The number of alkyl halides is 3. The summed E-state index contributed by atoms with van der Waals surface area (Å²) in [5, 5.41) is 4.02. The van der Waals surface area contributed by atoms with Crippen molar-refractivity contribution < 1.29 is 13.2 Å². The number of nitrogens with one attached hydrogen (secondary N) is 1. The Hall–Kier alpha value is -2.44. The molecule has 2 rings (SSSR count). The fourth-order valence-corrected chi connectivity index (χ4v) is 1.40. The van der Waals surface area contributed by atoms with E-state index in [9.17, 15) is 13.2 Å². The first-order valence-corrected chi connectivity index (χ1v) is 5.72. The summed E-state index contributed by atoms with van der Waals surface area (Å²) in [6, 6.07) is 7.54. The molecule has 2 aromatic rings. The number of hydrazone groups is 1. The zero-order chi connectivity index (χ0) is 14.6. The van der Waals surface area contributed by atoms with Gasteiger partial charge in [-0.1, -0.05) is 6.07 Å². The lowest BCUT2D eigenvalue weighted by molar-refractivity contribution is -0.137. The van der Waals surface area contributed by atoms with Gasteiger partial charge in [-0.2, -0.15) is 18.3 Å². The second kappa shape index (κ2) is 5.68. The lowest BCUT2D eigenvalue weighted by atomic mass is 10.3. The second-order valence-corrected chi connectivity index (χ2v) is 3.95. The molecular formula is C13H11F3N4. The van der Waals surface area contributed by atoms with Crippen LogP contribution in [0.3, 0.4) is 0 Å². The van der Waals surface area contributed by atoms with Crippen molar-refractivity contribution in [3.05, 3.63) is 54.0 Å². The summed E-state index contributed by atoms with van der Waals surface area (Å²) >= 11 is 0. The average molecular weight is 280 g/mol. The SMILES string of the molecule is C/C(=N\Nc1ccc(C(F)(F)F)cn1)c1ccccn1. The van der Waals surface area contributed by atoms with Crippen molar-refractivity contribution in [1.82, 2.24) is 9.97 Å². The van der Waals surface area contributed by atoms with Gasteiger partial charge in [0.2, 0.25) is 0 Å². The molecule has 0 spiro atoms. The van der Waals surface area contributed by atoms with Gasteiger partial charge in [-0.15, -0.1) is 0 Å². The van der Waals surface area contributed by atoms with Crippen molar-refractivity contribution in [2.75, 3.05) is 5.43 Å². The van der Waals surface area contributed by atoms with E-state index in [2.05, 4.69) is 20.5 Å². The third kappa shape index (κ3) is 3.53. The molecule has 2 aromatic heterocycles. The first-order chi connectivity index (χ1) is 9.47. The fraction of sp³-hybridized carbons (Fsp3) is 0.154. The van der Waals surface area contributed by atoms with E-state index < -0.39 is 11.7 Å². The van der Waals surface area contributed by atoms with E-state index in [-0.39, 0.29) is 5.82 Å². The van der Waals surface area contributed by atoms with Gasteiger partial charge < -0.3 is 0 Å². The van der Waals surface area contributed by atoms with E-state index in [4.69, 9.17) is 0 Å². The Labute approximate surface area is 113 Å². The highest BCUT2D eigenvalue weighted by atomic mass is 19.4. The Morgan fingerprint density at radius 2 is 1.95 bits per heavy atom. The number of nitrogens with zero attached hydrogens (tertiary/aromatic N) is 3. The van der Waals surface area contributed by atoms with E-state index in [0.717, 1.165) is 12.3 Å². The van der Waals surface area contributed by atoms with Crippen molar-refractivity contribution in [2.45, 2.75) is 13.1 Å². The maximum Gasteiger partial charge on any atom is 0.417 e. The van der Waals surface area contributed by atoms with Gasteiger partial charge >= 0.3 is 6.18 Å². The zero-order valence-electron chi connectivity index (χ0n) is 10.5. The number of aromatic nitrogens is 2. The number of hydrogen-bond acceptors (Lipinski definition) is 4. The lowest BCUT2D eigenvalue weighted by Crippen LogP contribution is -2.06. The molecule has 4 nitrogen and oxygen atoms in total. The van der Waals surface area contributed by atoms with Crippen LogP contribution in [0.15, 0.2) is 47.8 Å². The summed E-state index contributed by atoms with van der Waals surface area (Å²) in [6.45, 7) is 1.74. The molecule has 0 amide bonds. The van der Waals surface area contributed by atoms with E-state index in [1.807, 2.05) is 6.07 Å². The van der Waals surface area contributed by atoms with Gasteiger partial charge in [-0.05, 0) is 31.2 Å². The van der Waals surface area contributed by atoms with Gasteiger partial charge in [0.05, 0.1) is 17.0 Å². The Bertz CT molecular complexity index is 591. The van der Waals surface area contributed by atoms with Gasteiger partial charge in [-0.25, -0.2) is 4.98 Å². The molecule has 7 heteroatoms. The summed E-state index contributed by atoms with van der Waals surface area (Å²) < 4.78 is 37.1. The van der Waals surface area contributed by atoms with Crippen molar-refractivity contribution in [2.24, 2.45) is 5.10 Å². The summed E-state index contributed by atoms with van der Waals surface area (Å²) in [5.74, 6) is 0.230. The molecule has 2 heterocycles. The molecule has 0 aliphatic rings. The topological polar surface area (TPSA) is 50.2 Å². The average Bonchev–Trinajstić information content (AvgIpc) is 2.45. The molecule has 0 fully saturated rings. The molecule has 0 saturated heterocycles. The second-order valence-electron chi connectivity index (χ2n) is 3.95. The predicted octanol–water partition coefficient (Wildman–Crippen LogP) is 3.33. The molecule has 20 heavy (non-hydrogen) atoms. The summed E-state index contributed by atoms with van der Waals surface area (Å²) in [4.78, 5) is 7.75. The number of hydrogen-bond donors (Lipinski definition) is 1. The highest BCUT2D eigenvalue weighted by molar-refractivity contribution is 5.97. The van der Waals surface area contributed by atoms with Gasteiger partial charge in [0.25, 0.3) is 0 Å².